The van der Waals surface area contributed by atoms with Crippen LogP contribution in [0.1, 0.15) is 28.9 Å². The molecule has 1 aliphatic heterocycles. The quantitative estimate of drug-likeness (QED) is 0.760. The highest BCUT2D eigenvalue weighted by molar-refractivity contribution is 5.97. The Hall–Kier alpha value is -1.85. The molecule has 1 saturated heterocycles. The number of likely N-dealkylation sites (tertiary alicyclic amines) is 1. The number of H-pyrrole nitrogens is 1. The summed E-state index contributed by atoms with van der Waals surface area (Å²) in [5.74, 6) is -0.513. The molecule has 1 N–H and O–H groups in total. The summed E-state index contributed by atoms with van der Waals surface area (Å²) in [6.07, 6.45) is 2.97. The van der Waals surface area contributed by atoms with Crippen LogP contribution < -0.4 is 0 Å². The molecule has 1 amide bonds. The fraction of sp³-hybridized carbons (Fsp3) is 0.545. The summed E-state index contributed by atoms with van der Waals surface area (Å²) < 4.78 is 4.71. The monoisotopic (exact) mass is 237 g/mol. The Kier molecular flexibility index (Phi) is 3.12. The van der Waals surface area contributed by atoms with Crippen molar-refractivity contribution < 1.29 is 14.3 Å². The Labute approximate surface area is 98.9 Å². The van der Waals surface area contributed by atoms with Gasteiger partial charge in [0.1, 0.15) is 6.04 Å². The van der Waals surface area contributed by atoms with Crippen LogP contribution >= 0.6 is 0 Å². The van der Waals surface area contributed by atoms with E-state index in [9.17, 15) is 9.59 Å². The maximum atomic E-state index is 12.2. The average molecular weight is 237 g/mol. The van der Waals surface area contributed by atoms with E-state index in [1.807, 2.05) is 0 Å². The first-order chi connectivity index (χ1) is 8.15. The molecule has 0 saturated carbocycles. The Bertz CT molecular complexity index is 441. The summed E-state index contributed by atoms with van der Waals surface area (Å²) in [7, 11) is 1.34. The Morgan fingerprint density at radius 1 is 1.59 bits per heavy atom. The molecule has 1 aromatic rings. The molecule has 0 aromatic carbocycles. The van der Waals surface area contributed by atoms with Crippen LogP contribution in [-0.2, 0) is 9.53 Å². The first-order valence-corrected chi connectivity index (χ1v) is 5.54. The lowest BCUT2D eigenvalue weighted by Gasteiger charge is -2.22. The number of carbonyl (C=O) groups excluding carboxylic acids is 2. The molecule has 17 heavy (non-hydrogen) atoms. The van der Waals surface area contributed by atoms with Crippen LogP contribution in [0.15, 0.2) is 6.20 Å². The molecule has 0 radical (unpaired) electrons. The topological polar surface area (TPSA) is 75.3 Å². The second-order valence-corrected chi connectivity index (χ2v) is 4.09. The van der Waals surface area contributed by atoms with Gasteiger partial charge in [0.05, 0.1) is 18.9 Å². The van der Waals surface area contributed by atoms with Gasteiger partial charge in [-0.3, -0.25) is 9.89 Å². The van der Waals surface area contributed by atoms with Crippen LogP contribution in [0, 0.1) is 6.92 Å². The normalized spacial score (nSPS) is 19.4. The summed E-state index contributed by atoms with van der Waals surface area (Å²) in [5.41, 5.74) is 1.23. The minimum absolute atomic E-state index is 0.163. The van der Waals surface area contributed by atoms with Crippen molar-refractivity contribution >= 4 is 11.9 Å². The molecule has 1 fully saturated rings. The summed E-state index contributed by atoms with van der Waals surface area (Å²) in [6.45, 7) is 2.37. The lowest BCUT2D eigenvalue weighted by molar-refractivity contribution is -0.145. The molecule has 1 unspecified atom stereocenters. The second kappa shape index (κ2) is 4.57. The van der Waals surface area contributed by atoms with E-state index < -0.39 is 6.04 Å². The van der Waals surface area contributed by atoms with Gasteiger partial charge >= 0.3 is 5.97 Å². The second-order valence-electron chi connectivity index (χ2n) is 4.09. The summed E-state index contributed by atoms with van der Waals surface area (Å²) in [4.78, 5) is 25.3. The number of amides is 1. The summed E-state index contributed by atoms with van der Waals surface area (Å²) >= 11 is 0. The lowest BCUT2D eigenvalue weighted by atomic mass is 10.2. The van der Waals surface area contributed by atoms with E-state index in [4.69, 9.17) is 4.74 Å². The summed E-state index contributed by atoms with van der Waals surface area (Å²) in [5, 5.41) is 6.53. The molecule has 0 bridgehead atoms. The molecule has 2 rings (SSSR count). The van der Waals surface area contributed by atoms with Gasteiger partial charge in [-0.05, 0) is 19.8 Å². The number of nitrogens with zero attached hydrogens (tertiary/aromatic N) is 2. The highest BCUT2D eigenvalue weighted by Gasteiger charge is 2.35. The number of carbonyl (C=O) groups is 2. The molecule has 6 heteroatoms. The zero-order valence-corrected chi connectivity index (χ0v) is 9.90. The zero-order chi connectivity index (χ0) is 12.4. The van der Waals surface area contributed by atoms with Gasteiger partial charge in [-0.2, -0.15) is 5.10 Å². The molecule has 0 spiro atoms. The predicted octanol–water partition coefficient (Wildman–Crippen LogP) is 0.496. The number of hydrogen-bond acceptors (Lipinski definition) is 4. The van der Waals surface area contributed by atoms with Crippen molar-refractivity contribution in [2.75, 3.05) is 13.7 Å². The van der Waals surface area contributed by atoms with Crippen molar-refractivity contribution in [3.8, 4) is 0 Å². The largest absolute Gasteiger partial charge is 0.467 e. The maximum absolute atomic E-state index is 12.2. The van der Waals surface area contributed by atoms with Crippen LogP contribution in [0.4, 0.5) is 0 Å². The van der Waals surface area contributed by atoms with E-state index in [0.717, 1.165) is 6.42 Å². The van der Waals surface area contributed by atoms with Crippen LogP contribution in [0.3, 0.4) is 0 Å². The predicted molar refractivity (Wildman–Crippen MR) is 59.4 cm³/mol. The first-order valence-electron chi connectivity index (χ1n) is 5.54. The molecule has 92 valence electrons. The molecule has 1 aliphatic rings. The van der Waals surface area contributed by atoms with Crippen LogP contribution in [0.2, 0.25) is 0 Å². The van der Waals surface area contributed by atoms with E-state index in [1.165, 1.54) is 13.3 Å². The number of rotatable bonds is 2. The smallest absolute Gasteiger partial charge is 0.328 e. The third-order valence-corrected chi connectivity index (χ3v) is 3.05. The van der Waals surface area contributed by atoms with Gasteiger partial charge < -0.3 is 9.64 Å². The van der Waals surface area contributed by atoms with Crippen molar-refractivity contribution in [3.63, 3.8) is 0 Å². The average Bonchev–Trinajstić information content (AvgIpc) is 2.95. The standard InChI is InChI=1S/C11H15N3O3/c1-7-8(6-12-13-7)10(15)14-5-3-4-9(14)11(16)17-2/h6,9H,3-5H2,1-2H3,(H,12,13). The minimum atomic E-state index is -0.457. The van der Waals surface area contributed by atoms with E-state index in [0.29, 0.717) is 24.2 Å². The van der Waals surface area contributed by atoms with Crippen molar-refractivity contribution in [2.24, 2.45) is 0 Å². The third-order valence-electron chi connectivity index (χ3n) is 3.05. The van der Waals surface area contributed by atoms with E-state index in [-0.39, 0.29) is 11.9 Å². The first kappa shape index (κ1) is 11.6. The number of ether oxygens (including phenoxy) is 1. The highest BCUT2D eigenvalue weighted by Crippen LogP contribution is 2.21. The van der Waals surface area contributed by atoms with Crippen LogP contribution in [0.5, 0.6) is 0 Å². The fourth-order valence-corrected chi connectivity index (χ4v) is 2.11. The zero-order valence-electron chi connectivity index (χ0n) is 9.90. The molecular formula is C11H15N3O3. The van der Waals surface area contributed by atoms with Crippen LogP contribution in [-0.4, -0.2) is 46.7 Å². The van der Waals surface area contributed by atoms with Gasteiger partial charge in [0.25, 0.3) is 5.91 Å². The van der Waals surface area contributed by atoms with Gasteiger partial charge in [0.15, 0.2) is 0 Å². The van der Waals surface area contributed by atoms with Gasteiger partial charge in [-0.25, -0.2) is 4.79 Å². The maximum Gasteiger partial charge on any atom is 0.328 e. The van der Waals surface area contributed by atoms with Crippen molar-refractivity contribution in [2.45, 2.75) is 25.8 Å². The number of aryl methyl sites for hydroxylation is 1. The van der Waals surface area contributed by atoms with Gasteiger partial charge in [-0.15, -0.1) is 0 Å². The number of hydrogen-bond donors (Lipinski definition) is 1. The molecule has 1 aromatic heterocycles. The van der Waals surface area contributed by atoms with Crippen molar-refractivity contribution in [3.05, 3.63) is 17.5 Å². The van der Waals surface area contributed by atoms with E-state index in [1.54, 1.807) is 11.8 Å². The number of esters is 1. The van der Waals surface area contributed by atoms with Crippen LogP contribution in [0.25, 0.3) is 0 Å². The lowest BCUT2D eigenvalue weighted by Crippen LogP contribution is -2.41. The van der Waals surface area contributed by atoms with Crippen molar-refractivity contribution in [1.82, 2.24) is 15.1 Å². The number of methoxy groups -OCH3 is 1. The number of aromatic amines is 1. The summed E-state index contributed by atoms with van der Waals surface area (Å²) in [6, 6.07) is -0.457. The highest BCUT2D eigenvalue weighted by atomic mass is 16.5. The molecular weight excluding hydrogens is 222 g/mol. The Balaban J connectivity index is 2.19. The number of nitrogens with one attached hydrogen (secondary N) is 1. The van der Waals surface area contributed by atoms with Gasteiger partial charge in [-0.1, -0.05) is 0 Å². The van der Waals surface area contributed by atoms with E-state index >= 15 is 0 Å². The minimum Gasteiger partial charge on any atom is -0.467 e. The molecule has 2 heterocycles. The number of aromatic nitrogens is 2. The van der Waals surface area contributed by atoms with Gasteiger partial charge in [0, 0.05) is 12.2 Å². The molecule has 1 atom stereocenters. The Morgan fingerprint density at radius 3 is 2.94 bits per heavy atom. The third kappa shape index (κ3) is 2.02. The van der Waals surface area contributed by atoms with E-state index in [2.05, 4.69) is 10.2 Å². The SMILES string of the molecule is COC(=O)C1CCCN1C(=O)c1cn[nH]c1C. The fourth-order valence-electron chi connectivity index (χ4n) is 2.11. The Morgan fingerprint density at radius 2 is 2.35 bits per heavy atom. The van der Waals surface area contributed by atoms with Crippen molar-refractivity contribution in [1.29, 1.82) is 0 Å². The van der Waals surface area contributed by atoms with Gasteiger partial charge in [0.2, 0.25) is 0 Å². The molecule has 6 nitrogen and oxygen atoms in total. The molecule has 0 aliphatic carbocycles.